The number of rotatable bonds is 3. The van der Waals surface area contributed by atoms with E-state index in [0.717, 1.165) is 0 Å². The molecule has 0 aliphatic carbocycles. The van der Waals surface area contributed by atoms with Crippen LogP contribution in [-0.4, -0.2) is 12.1 Å². The van der Waals surface area contributed by atoms with Crippen molar-refractivity contribution in [3.63, 3.8) is 0 Å². The molecule has 1 unspecified atom stereocenters. The second kappa shape index (κ2) is 5.68. The van der Waals surface area contributed by atoms with Gasteiger partial charge in [-0.3, -0.25) is 0 Å². The van der Waals surface area contributed by atoms with E-state index in [1.807, 2.05) is 0 Å². The van der Waals surface area contributed by atoms with Gasteiger partial charge < -0.3 is 5.32 Å². The molecule has 94 valence electrons. The van der Waals surface area contributed by atoms with Gasteiger partial charge in [0.05, 0.1) is 0 Å². The van der Waals surface area contributed by atoms with Crippen molar-refractivity contribution in [2.75, 3.05) is 6.54 Å². The summed E-state index contributed by atoms with van der Waals surface area (Å²) in [4.78, 5) is 0. The highest BCUT2D eigenvalue weighted by atomic mass is 15.0. The highest BCUT2D eigenvalue weighted by Gasteiger charge is 2.33. The molecule has 0 bridgehead atoms. The largest absolute Gasteiger partial charge is 0.311 e. The predicted octanol–water partition coefficient (Wildman–Crippen LogP) is 3.79. The average molecular weight is 231 g/mol. The van der Waals surface area contributed by atoms with Crippen LogP contribution in [0.25, 0.3) is 0 Å². The van der Waals surface area contributed by atoms with Gasteiger partial charge in [0.25, 0.3) is 0 Å². The third kappa shape index (κ3) is 3.10. The zero-order valence-electron chi connectivity index (χ0n) is 11.2. The Morgan fingerprint density at radius 2 is 1.88 bits per heavy atom. The first-order valence-corrected chi connectivity index (χ1v) is 7.02. The maximum absolute atomic E-state index is 3.84. The molecule has 1 saturated heterocycles. The highest BCUT2D eigenvalue weighted by molar-refractivity contribution is 5.18. The van der Waals surface area contributed by atoms with Gasteiger partial charge in [0.1, 0.15) is 0 Å². The van der Waals surface area contributed by atoms with Gasteiger partial charge >= 0.3 is 0 Å². The van der Waals surface area contributed by atoms with Gasteiger partial charge in [-0.2, -0.15) is 0 Å². The van der Waals surface area contributed by atoms with Crippen LogP contribution >= 0.6 is 0 Å². The summed E-state index contributed by atoms with van der Waals surface area (Å²) in [5.74, 6) is 0.695. The molecule has 17 heavy (non-hydrogen) atoms. The molecule has 1 aromatic rings. The SMILES string of the molecule is CC(C)C1(Cc2ccccc2)CCCCCN1. The molecule has 0 saturated carbocycles. The Morgan fingerprint density at radius 1 is 1.12 bits per heavy atom. The molecule has 1 aliphatic heterocycles. The van der Waals surface area contributed by atoms with Crippen LogP contribution in [0.5, 0.6) is 0 Å². The van der Waals surface area contributed by atoms with E-state index in [2.05, 4.69) is 49.5 Å². The first kappa shape index (κ1) is 12.6. The molecular formula is C16H25N. The third-order valence-corrected chi connectivity index (χ3v) is 4.24. The van der Waals surface area contributed by atoms with E-state index < -0.39 is 0 Å². The summed E-state index contributed by atoms with van der Waals surface area (Å²) in [6.07, 6.45) is 6.59. The van der Waals surface area contributed by atoms with E-state index in [1.165, 1.54) is 44.2 Å². The maximum Gasteiger partial charge on any atom is 0.0244 e. The summed E-state index contributed by atoms with van der Waals surface area (Å²) < 4.78 is 0. The highest BCUT2D eigenvalue weighted by Crippen LogP contribution is 2.30. The molecule has 1 N–H and O–H groups in total. The maximum atomic E-state index is 3.84. The predicted molar refractivity (Wildman–Crippen MR) is 74.2 cm³/mol. The first-order valence-electron chi connectivity index (χ1n) is 7.02. The zero-order chi connectivity index (χ0) is 12.1. The van der Waals surface area contributed by atoms with Crippen LogP contribution in [0.1, 0.15) is 45.1 Å². The quantitative estimate of drug-likeness (QED) is 0.834. The molecule has 1 aliphatic rings. The molecule has 2 rings (SSSR count). The van der Waals surface area contributed by atoms with Gasteiger partial charge in [-0.05, 0) is 37.3 Å². The zero-order valence-corrected chi connectivity index (χ0v) is 11.2. The summed E-state index contributed by atoms with van der Waals surface area (Å²) in [7, 11) is 0. The van der Waals surface area contributed by atoms with Crippen molar-refractivity contribution in [3.8, 4) is 0 Å². The van der Waals surface area contributed by atoms with Crippen molar-refractivity contribution in [1.29, 1.82) is 0 Å². The smallest absolute Gasteiger partial charge is 0.0244 e. The Labute approximate surface area is 106 Å². The molecule has 0 aromatic heterocycles. The fraction of sp³-hybridized carbons (Fsp3) is 0.625. The van der Waals surface area contributed by atoms with Crippen molar-refractivity contribution in [1.82, 2.24) is 5.32 Å². The van der Waals surface area contributed by atoms with Crippen molar-refractivity contribution in [3.05, 3.63) is 35.9 Å². The topological polar surface area (TPSA) is 12.0 Å². The van der Waals surface area contributed by atoms with Gasteiger partial charge in [0.15, 0.2) is 0 Å². The van der Waals surface area contributed by atoms with Gasteiger partial charge in [-0.1, -0.05) is 57.0 Å². The molecule has 1 nitrogen and oxygen atoms in total. The Hall–Kier alpha value is -0.820. The van der Waals surface area contributed by atoms with E-state index in [9.17, 15) is 0 Å². The van der Waals surface area contributed by atoms with Crippen LogP contribution in [0.4, 0.5) is 0 Å². The van der Waals surface area contributed by atoms with Gasteiger partial charge in [0, 0.05) is 5.54 Å². The Bertz CT molecular complexity index is 321. The average Bonchev–Trinajstić information content (AvgIpc) is 2.57. The molecule has 1 aromatic carbocycles. The lowest BCUT2D eigenvalue weighted by Gasteiger charge is -2.38. The van der Waals surface area contributed by atoms with Crippen molar-refractivity contribution in [2.24, 2.45) is 5.92 Å². The van der Waals surface area contributed by atoms with Crippen LogP contribution in [0.15, 0.2) is 30.3 Å². The van der Waals surface area contributed by atoms with E-state index in [4.69, 9.17) is 0 Å². The van der Waals surface area contributed by atoms with Gasteiger partial charge in [-0.25, -0.2) is 0 Å². The van der Waals surface area contributed by atoms with Crippen molar-refractivity contribution >= 4 is 0 Å². The fourth-order valence-electron chi connectivity index (χ4n) is 2.98. The number of hydrogen-bond donors (Lipinski definition) is 1. The van der Waals surface area contributed by atoms with E-state index in [1.54, 1.807) is 0 Å². The second-order valence-electron chi connectivity index (χ2n) is 5.71. The summed E-state index contributed by atoms with van der Waals surface area (Å²) in [5, 5.41) is 3.84. The van der Waals surface area contributed by atoms with Crippen LogP contribution in [-0.2, 0) is 6.42 Å². The van der Waals surface area contributed by atoms with E-state index >= 15 is 0 Å². The lowest BCUT2D eigenvalue weighted by atomic mass is 9.77. The third-order valence-electron chi connectivity index (χ3n) is 4.24. The summed E-state index contributed by atoms with van der Waals surface area (Å²) in [5.41, 5.74) is 1.79. The van der Waals surface area contributed by atoms with E-state index in [-0.39, 0.29) is 0 Å². The van der Waals surface area contributed by atoms with Gasteiger partial charge in [0.2, 0.25) is 0 Å². The second-order valence-corrected chi connectivity index (χ2v) is 5.71. The number of hydrogen-bond acceptors (Lipinski definition) is 1. The lowest BCUT2D eigenvalue weighted by Crippen LogP contribution is -2.50. The normalized spacial score (nSPS) is 25.8. The van der Waals surface area contributed by atoms with Crippen molar-refractivity contribution < 1.29 is 0 Å². The summed E-state index contributed by atoms with van der Waals surface area (Å²) in [6, 6.07) is 10.9. The van der Waals surface area contributed by atoms with Crippen LogP contribution in [0, 0.1) is 5.92 Å². The van der Waals surface area contributed by atoms with E-state index in [0.29, 0.717) is 11.5 Å². The molecule has 0 amide bonds. The Kier molecular flexibility index (Phi) is 4.22. The number of nitrogens with one attached hydrogen (secondary N) is 1. The van der Waals surface area contributed by atoms with Crippen molar-refractivity contribution in [2.45, 2.75) is 51.5 Å². The monoisotopic (exact) mass is 231 g/mol. The molecule has 1 heteroatoms. The molecule has 1 fully saturated rings. The fourth-order valence-corrected chi connectivity index (χ4v) is 2.98. The molecule has 1 heterocycles. The standard InChI is InChI=1S/C16H25N/c1-14(2)16(11-7-4-8-12-17-16)13-15-9-5-3-6-10-15/h3,5-6,9-10,14,17H,4,7-8,11-13H2,1-2H3. The summed E-state index contributed by atoms with van der Waals surface area (Å²) >= 11 is 0. The first-order chi connectivity index (χ1) is 8.23. The minimum Gasteiger partial charge on any atom is -0.311 e. The molecule has 1 atom stereocenters. The van der Waals surface area contributed by atoms with Crippen LogP contribution < -0.4 is 5.32 Å². The summed E-state index contributed by atoms with van der Waals surface area (Å²) in [6.45, 7) is 5.91. The molecule has 0 spiro atoms. The minimum atomic E-state index is 0.317. The van der Waals surface area contributed by atoms with Crippen LogP contribution in [0.3, 0.4) is 0 Å². The van der Waals surface area contributed by atoms with Gasteiger partial charge in [-0.15, -0.1) is 0 Å². The molecular weight excluding hydrogens is 206 g/mol. The lowest BCUT2D eigenvalue weighted by molar-refractivity contribution is 0.226. The Morgan fingerprint density at radius 3 is 2.59 bits per heavy atom. The Balaban J connectivity index is 2.16. The molecule has 0 radical (unpaired) electrons. The minimum absolute atomic E-state index is 0.317. The number of benzene rings is 1. The van der Waals surface area contributed by atoms with Crippen LogP contribution in [0.2, 0.25) is 0 Å².